The average molecular weight is 486 g/mol. The summed E-state index contributed by atoms with van der Waals surface area (Å²) in [4.78, 5) is 7.57. The molecule has 4 N–H and O–H groups in total. The highest BCUT2D eigenvalue weighted by atomic mass is 19.4. The number of rotatable bonds is 5. The summed E-state index contributed by atoms with van der Waals surface area (Å²) in [6.07, 6.45) is -8.80. The highest BCUT2D eigenvalue weighted by Crippen LogP contribution is 2.44. The van der Waals surface area contributed by atoms with Gasteiger partial charge in [-0.2, -0.15) is 31.3 Å². The second-order valence-corrected chi connectivity index (χ2v) is 7.62. The van der Waals surface area contributed by atoms with Crippen LogP contribution >= 0.6 is 0 Å². The van der Waals surface area contributed by atoms with Crippen LogP contribution in [0.5, 0.6) is 17.2 Å². The van der Waals surface area contributed by atoms with Crippen LogP contribution in [0.1, 0.15) is 36.5 Å². The van der Waals surface area contributed by atoms with Gasteiger partial charge in [-0.3, -0.25) is 0 Å². The number of aromatic nitrogens is 2. The van der Waals surface area contributed by atoms with Gasteiger partial charge in [0.05, 0.1) is 24.4 Å². The molecule has 0 saturated carbocycles. The zero-order valence-corrected chi connectivity index (χ0v) is 18.2. The van der Waals surface area contributed by atoms with Gasteiger partial charge in [0.25, 0.3) is 0 Å². The first kappa shape index (κ1) is 24.9. The summed E-state index contributed by atoms with van der Waals surface area (Å²) in [5.41, 5.74) is 8.52. The maximum Gasteiger partial charge on any atom is 0.416 e. The Morgan fingerprint density at radius 2 is 1.41 bits per heavy atom. The smallest absolute Gasteiger partial charge is 0.416 e. The molecule has 0 spiro atoms. The monoisotopic (exact) mass is 486 g/mol. The zero-order valence-electron chi connectivity index (χ0n) is 18.2. The SMILES string of the molecule is COc1cc(C(C)C)c(Oc2cnc(N)nc2N)cc1-c1cc(C(F)(F)F)cc(C(F)(F)F)c1. The number of ether oxygens (including phenoxy) is 2. The first-order chi connectivity index (χ1) is 15.7. The molecule has 182 valence electrons. The number of nitrogen functional groups attached to an aromatic ring is 2. The van der Waals surface area contributed by atoms with Gasteiger partial charge in [0.15, 0.2) is 11.6 Å². The van der Waals surface area contributed by atoms with Gasteiger partial charge in [-0.25, -0.2) is 4.98 Å². The third-order valence-electron chi connectivity index (χ3n) is 4.87. The molecule has 3 rings (SSSR count). The van der Waals surface area contributed by atoms with Gasteiger partial charge in [0.2, 0.25) is 5.95 Å². The van der Waals surface area contributed by atoms with Crippen LogP contribution in [0, 0.1) is 0 Å². The third-order valence-corrected chi connectivity index (χ3v) is 4.87. The van der Waals surface area contributed by atoms with Gasteiger partial charge in [0.1, 0.15) is 11.5 Å². The molecule has 0 aliphatic carbocycles. The predicted molar refractivity (Wildman–Crippen MR) is 113 cm³/mol. The lowest BCUT2D eigenvalue weighted by Gasteiger charge is -2.20. The van der Waals surface area contributed by atoms with Crippen molar-refractivity contribution in [2.75, 3.05) is 18.6 Å². The Morgan fingerprint density at radius 1 is 0.824 bits per heavy atom. The molecule has 34 heavy (non-hydrogen) atoms. The van der Waals surface area contributed by atoms with Crippen LogP contribution in [0.15, 0.2) is 36.5 Å². The van der Waals surface area contributed by atoms with E-state index in [0.717, 1.165) is 0 Å². The Kier molecular flexibility index (Phi) is 6.54. The molecule has 6 nitrogen and oxygen atoms in total. The molecule has 0 atom stereocenters. The van der Waals surface area contributed by atoms with Crippen molar-refractivity contribution >= 4 is 11.8 Å². The zero-order chi connectivity index (χ0) is 25.4. The van der Waals surface area contributed by atoms with E-state index in [-0.39, 0.29) is 52.1 Å². The number of nitrogens with two attached hydrogens (primary N) is 2. The van der Waals surface area contributed by atoms with Gasteiger partial charge < -0.3 is 20.9 Å². The third kappa shape index (κ3) is 5.26. The van der Waals surface area contributed by atoms with Crippen molar-refractivity contribution in [2.45, 2.75) is 32.1 Å². The van der Waals surface area contributed by atoms with Crippen LogP contribution < -0.4 is 20.9 Å². The Bertz CT molecular complexity index is 1180. The molecule has 0 fully saturated rings. The van der Waals surface area contributed by atoms with Crippen LogP contribution in [0.25, 0.3) is 11.1 Å². The lowest BCUT2D eigenvalue weighted by atomic mass is 9.94. The van der Waals surface area contributed by atoms with Crippen LogP contribution in [0.2, 0.25) is 0 Å². The van der Waals surface area contributed by atoms with Crippen molar-refractivity contribution in [3.63, 3.8) is 0 Å². The van der Waals surface area contributed by atoms with E-state index in [1.165, 1.54) is 25.4 Å². The number of hydrogen-bond donors (Lipinski definition) is 2. The Morgan fingerprint density at radius 3 is 1.88 bits per heavy atom. The number of benzene rings is 2. The molecule has 2 aromatic carbocycles. The molecule has 0 saturated heterocycles. The van der Waals surface area contributed by atoms with E-state index in [1.807, 2.05) is 13.8 Å². The van der Waals surface area contributed by atoms with E-state index in [1.54, 1.807) is 0 Å². The van der Waals surface area contributed by atoms with Crippen molar-refractivity contribution in [1.29, 1.82) is 0 Å². The summed E-state index contributed by atoms with van der Waals surface area (Å²) in [5, 5.41) is 0. The molecular formula is C22H20F6N4O2. The summed E-state index contributed by atoms with van der Waals surface area (Å²) in [6.45, 7) is 3.63. The van der Waals surface area contributed by atoms with E-state index >= 15 is 0 Å². The molecular weight excluding hydrogens is 466 g/mol. The molecule has 0 radical (unpaired) electrons. The Balaban J connectivity index is 2.26. The first-order valence-electron chi connectivity index (χ1n) is 9.78. The van der Waals surface area contributed by atoms with Crippen LogP contribution in [-0.4, -0.2) is 17.1 Å². The maximum absolute atomic E-state index is 13.4. The van der Waals surface area contributed by atoms with Crippen molar-refractivity contribution < 1.29 is 35.8 Å². The topological polar surface area (TPSA) is 96.3 Å². The van der Waals surface area contributed by atoms with E-state index < -0.39 is 23.5 Å². The minimum atomic E-state index is -5.00. The average Bonchev–Trinajstić information content (AvgIpc) is 2.73. The molecule has 1 aromatic heterocycles. The maximum atomic E-state index is 13.4. The van der Waals surface area contributed by atoms with Crippen LogP contribution in [0.4, 0.5) is 38.1 Å². The lowest BCUT2D eigenvalue weighted by Crippen LogP contribution is -2.11. The quantitative estimate of drug-likeness (QED) is 0.413. The standard InChI is InChI=1S/C22H20F6N4O2/c1-10(2)14-7-16(33-3)15(8-17(14)34-18-9-31-20(30)32-19(18)29)11-4-12(21(23,24)25)6-13(5-11)22(26,27)28/h4-10H,1-3H3,(H4,29,30,31,32). The fourth-order valence-corrected chi connectivity index (χ4v) is 3.22. The summed E-state index contributed by atoms with van der Waals surface area (Å²) in [5.74, 6) is -0.179. The normalized spacial score (nSPS) is 12.2. The largest absolute Gasteiger partial charge is 0.496 e. The first-order valence-corrected chi connectivity index (χ1v) is 9.78. The number of anilines is 2. The summed E-state index contributed by atoms with van der Waals surface area (Å²) >= 11 is 0. The van der Waals surface area contributed by atoms with Gasteiger partial charge in [-0.1, -0.05) is 13.8 Å². The molecule has 3 aromatic rings. The molecule has 0 bridgehead atoms. The van der Waals surface area contributed by atoms with Gasteiger partial charge in [0, 0.05) is 11.1 Å². The summed E-state index contributed by atoms with van der Waals surface area (Å²) < 4.78 is 91.4. The van der Waals surface area contributed by atoms with Crippen molar-refractivity contribution in [2.24, 2.45) is 0 Å². The minimum absolute atomic E-state index is 0.00670. The highest BCUT2D eigenvalue weighted by molar-refractivity contribution is 5.75. The number of alkyl halides is 6. The van der Waals surface area contributed by atoms with Gasteiger partial charge in [-0.05, 0) is 41.8 Å². The van der Waals surface area contributed by atoms with E-state index in [2.05, 4.69) is 9.97 Å². The highest BCUT2D eigenvalue weighted by Gasteiger charge is 2.37. The summed E-state index contributed by atoms with van der Waals surface area (Å²) in [6, 6.07) is 4.07. The predicted octanol–water partition coefficient (Wildman–Crippen LogP) is 6.27. The van der Waals surface area contributed by atoms with Crippen LogP contribution in [-0.2, 0) is 12.4 Å². The van der Waals surface area contributed by atoms with Crippen molar-refractivity contribution in [3.05, 3.63) is 53.2 Å². The number of methoxy groups -OCH3 is 1. The Hall–Kier alpha value is -3.70. The van der Waals surface area contributed by atoms with Crippen molar-refractivity contribution in [1.82, 2.24) is 9.97 Å². The van der Waals surface area contributed by atoms with E-state index in [0.29, 0.717) is 17.7 Å². The second kappa shape index (κ2) is 8.92. The molecule has 12 heteroatoms. The molecule has 0 aliphatic rings. The number of halogens is 6. The molecule has 0 unspecified atom stereocenters. The second-order valence-electron chi connectivity index (χ2n) is 7.62. The van der Waals surface area contributed by atoms with Gasteiger partial charge in [-0.15, -0.1) is 0 Å². The fourth-order valence-electron chi connectivity index (χ4n) is 3.22. The molecule has 0 amide bonds. The van der Waals surface area contributed by atoms with E-state index in [9.17, 15) is 26.3 Å². The van der Waals surface area contributed by atoms with E-state index in [4.69, 9.17) is 20.9 Å². The minimum Gasteiger partial charge on any atom is -0.496 e. The number of hydrogen-bond acceptors (Lipinski definition) is 6. The Labute approximate surface area is 190 Å². The summed E-state index contributed by atoms with van der Waals surface area (Å²) in [7, 11) is 1.26. The fraction of sp³-hybridized carbons (Fsp3) is 0.273. The molecule has 0 aliphatic heterocycles. The van der Waals surface area contributed by atoms with Gasteiger partial charge >= 0.3 is 12.4 Å². The van der Waals surface area contributed by atoms with Crippen molar-refractivity contribution in [3.8, 4) is 28.4 Å². The number of nitrogens with zero attached hydrogens (tertiary/aromatic N) is 2. The van der Waals surface area contributed by atoms with Crippen LogP contribution in [0.3, 0.4) is 0 Å². The molecule has 1 heterocycles. The lowest BCUT2D eigenvalue weighted by molar-refractivity contribution is -0.143.